The molecule has 0 spiro atoms. The standard InChI is InChI=1S/C6H8FNO/c7-3-4-8-6-2-1-5-9-6/h1-2,5,8H,3-4H2. The lowest BCUT2D eigenvalue weighted by Gasteiger charge is -1.94. The third kappa shape index (κ3) is 1.76. The molecular formula is C6H8FNO. The van der Waals surface area contributed by atoms with Crippen molar-refractivity contribution in [3.05, 3.63) is 18.4 Å². The summed E-state index contributed by atoms with van der Waals surface area (Å²) in [5.41, 5.74) is 0. The molecule has 2 nitrogen and oxygen atoms in total. The van der Waals surface area contributed by atoms with Gasteiger partial charge in [-0.05, 0) is 6.07 Å². The minimum absolute atomic E-state index is 0.313. The predicted molar refractivity (Wildman–Crippen MR) is 33.2 cm³/mol. The molecule has 1 rings (SSSR count). The zero-order chi connectivity index (χ0) is 6.53. The highest BCUT2D eigenvalue weighted by molar-refractivity contribution is 5.29. The van der Waals surface area contributed by atoms with Crippen LogP contribution in [0.3, 0.4) is 0 Å². The second kappa shape index (κ2) is 3.12. The summed E-state index contributed by atoms with van der Waals surface area (Å²) in [5.74, 6) is 0.618. The monoisotopic (exact) mass is 129 g/mol. The van der Waals surface area contributed by atoms with E-state index in [-0.39, 0.29) is 6.67 Å². The summed E-state index contributed by atoms with van der Waals surface area (Å²) in [6, 6.07) is 3.50. The van der Waals surface area contributed by atoms with E-state index in [9.17, 15) is 4.39 Å². The molecule has 1 N–H and O–H groups in total. The summed E-state index contributed by atoms with van der Waals surface area (Å²) in [4.78, 5) is 0. The molecule has 9 heavy (non-hydrogen) atoms. The van der Waals surface area contributed by atoms with Crippen LogP contribution in [-0.4, -0.2) is 13.2 Å². The second-order valence-corrected chi connectivity index (χ2v) is 1.59. The number of alkyl halides is 1. The molecule has 0 atom stereocenters. The van der Waals surface area contributed by atoms with E-state index in [0.29, 0.717) is 12.4 Å². The molecule has 0 saturated carbocycles. The summed E-state index contributed by atoms with van der Waals surface area (Å²) >= 11 is 0. The van der Waals surface area contributed by atoms with Crippen molar-refractivity contribution in [2.75, 3.05) is 18.5 Å². The van der Waals surface area contributed by atoms with Crippen molar-refractivity contribution < 1.29 is 8.81 Å². The van der Waals surface area contributed by atoms with Crippen molar-refractivity contribution >= 4 is 5.88 Å². The lowest BCUT2D eigenvalue weighted by molar-refractivity contribution is 0.504. The first-order chi connectivity index (χ1) is 4.43. The van der Waals surface area contributed by atoms with Gasteiger partial charge in [0.15, 0.2) is 5.88 Å². The van der Waals surface area contributed by atoms with Crippen LogP contribution in [0.1, 0.15) is 0 Å². The Morgan fingerprint density at radius 2 is 2.56 bits per heavy atom. The predicted octanol–water partition coefficient (Wildman–Crippen LogP) is 1.66. The van der Waals surface area contributed by atoms with Crippen molar-refractivity contribution in [3.63, 3.8) is 0 Å². The van der Waals surface area contributed by atoms with E-state index in [1.807, 2.05) is 0 Å². The quantitative estimate of drug-likeness (QED) is 0.671. The Bertz CT molecular complexity index is 150. The fraction of sp³-hybridized carbons (Fsp3) is 0.333. The van der Waals surface area contributed by atoms with Crippen LogP contribution >= 0.6 is 0 Å². The van der Waals surface area contributed by atoms with E-state index in [1.165, 1.54) is 0 Å². The highest BCUT2D eigenvalue weighted by Crippen LogP contribution is 2.04. The summed E-state index contributed by atoms with van der Waals surface area (Å²) < 4.78 is 16.3. The van der Waals surface area contributed by atoms with E-state index in [1.54, 1.807) is 18.4 Å². The number of anilines is 1. The topological polar surface area (TPSA) is 25.2 Å². The molecule has 0 amide bonds. The number of nitrogens with one attached hydrogen (secondary N) is 1. The Labute approximate surface area is 52.7 Å². The number of furan rings is 1. The average molecular weight is 129 g/mol. The summed E-state index contributed by atoms with van der Waals surface area (Å²) in [5, 5.41) is 2.73. The van der Waals surface area contributed by atoms with E-state index in [4.69, 9.17) is 4.42 Å². The minimum atomic E-state index is -0.374. The lowest BCUT2D eigenvalue weighted by atomic mass is 10.6. The molecule has 1 aromatic rings. The van der Waals surface area contributed by atoms with Crippen molar-refractivity contribution in [1.82, 2.24) is 0 Å². The molecule has 0 saturated heterocycles. The Morgan fingerprint density at radius 3 is 3.11 bits per heavy atom. The number of rotatable bonds is 3. The molecule has 0 bridgehead atoms. The molecule has 0 fully saturated rings. The normalized spacial score (nSPS) is 9.44. The fourth-order valence-corrected chi connectivity index (χ4v) is 0.550. The molecule has 0 unspecified atom stereocenters. The maximum absolute atomic E-state index is 11.5. The molecular weight excluding hydrogens is 121 g/mol. The summed E-state index contributed by atoms with van der Waals surface area (Å²) in [6.45, 7) is -0.0613. The van der Waals surface area contributed by atoms with Crippen LogP contribution in [0.4, 0.5) is 10.3 Å². The number of halogens is 1. The van der Waals surface area contributed by atoms with Gasteiger partial charge in [-0.2, -0.15) is 0 Å². The van der Waals surface area contributed by atoms with Crippen LogP contribution < -0.4 is 5.32 Å². The van der Waals surface area contributed by atoms with Gasteiger partial charge in [-0.3, -0.25) is 0 Å². The van der Waals surface area contributed by atoms with Crippen LogP contribution in [0.2, 0.25) is 0 Å². The van der Waals surface area contributed by atoms with Gasteiger partial charge in [0.1, 0.15) is 6.67 Å². The number of hydrogen-bond donors (Lipinski definition) is 1. The molecule has 50 valence electrons. The maximum atomic E-state index is 11.5. The Morgan fingerprint density at radius 1 is 1.67 bits per heavy atom. The maximum Gasteiger partial charge on any atom is 0.192 e. The molecule has 0 aliphatic rings. The molecule has 3 heteroatoms. The van der Waals surface area contributed by atoms with Crippen molar-refractivity contribution in [3.8, 4) is 0 Å². The fourth-order valence-electron chi connectivity index (χ4n) is 0.550. The average Bonchev–Trinajstić information content (AvgIpc) is 2.34. The van der Waals surface area contributed by atoms with E-state index < -0.39 is 0 Å². The second-order valence-electron chi connectivity index (χ2n) is 1.59. The molecule has 1 heterocycles. The van der Waals surface area contributed by atoms with E-state index in [2.05, 4.69) is 5.32 Å². The summed E-state index contributed by atoms with van der Waals surface area (Å²) in [6.07, 6.45) is 1.54. The zero-order valence-electron chi connectivity index (χ0n) is 4.93. The molecule has 0 aliphatic heterocycles. The van der Waals surface area contributed by atoms with Crippen molar-refractivity contribution in [2.24, 2.45) is 0 Å². The van der Waals surface area contributed by atoms with E-state index >= 15 is 0 Å². The van der Waals surface area contributed by atoms with Crippen LogP contribution in [0.15, 0.2) is 22.8 Å². The van der Waals surface area contributed by atoms with Gasteiger partial charge in [-0.15, -0.1) is 0 Å². The van der Waals surface area contributed by atoms with Gasteiger partial charge in [0.05, 0.1) is 6.26 Å². The molecule has 0 aliphatic carbocycles. The summed E-state index contributed by atoms with van der Waals surface area (Å²) in [7, 11) is 0. The van der Waals surface area contributed by atoms with Crippen LogP contribution in [0.5, 0.6) is 0 Å². The van der Waals surface area contributed by atoms with Crippen molar-refractivity contribution in [1.29, 1.82) is 0 Å². The lowest BCUT2D eigenvalue weighted by Crippen LogP contribution is -2.00. The molecule has 0 radical (unpaired) electrons. The van der Waals surface area contributed by atoms with Crippen molar-refractivity contribution in [2.45, 2.75) is 0 Å². The highest BCUT2D eigenvalue weighted by Gasteiger charge is 1.89. The third-order valence-corrected chi connectivity index (χ3v) is 0.915. The van der Waals surface area contributed by atoms with Crippen LogP contribution in [0.25, 0.3) is 0 Å². The van der Waals surface area contributed by atoms with Crippen LogP contribution in [-0.2, 0) is 0 Å². The smallest absolute Gasteiger partial charge is 0.192 e. The molecule has 0 aromatic carbocycles. The van der Waals surface area contributed by atoms with Gasteiger partial charge in [0.2, 0.25) is 0 Å². The first kappa shape index (κ1) is 6.13. The van der Waals surface area contributed by atoms with Crippen LogP contribution in [0, 0.1) is 0 Å². The first-order valence-electron chi connectivity index (χ1n) is 2.77. The van der Waals surface area contributed by atoms with Gasteiger partial charge in [0.25, 0.3) is 0 Å². The number of hydrogen-bond acceptors (Lipinski definition) is 2. The van der Waals surface area contributed by atoms with E-state index in [0.717, 1.165) is 0 Å². The third-order valence-electron chi connectivity index (χ3n) is 0.915. The highest BCUT2D eigenvalue weighted by atomic mass is 19.1. The minimum Gasteiger partial charge on any atom is -0.449 e. The Balaban J connectivity index is 2.30. The Hall–Kier alpha value is -0.990. The van der Waals surface area contributed by atoms with Gasteiger partial charge in [-0.1, -0.05) is 0 Å². The largest absolute Gasteiger partial charge is 0.449 e. The first-order valence-corrected chi connectivity index (χ1v) is 2.77. The zero-order valence-corrected chi connectivity index (χ0v) is 4.93. The van der Waals surface area contributed by atoms with Gasteiger partial charge in [0, 0.05) is 12.6 Å². The molecule has 1 aromatic heterocycles. The van der Waals surface area contributed by atoms with Gasteiger partial charge < -0.3 is 9.73 Å². The Kier molecular flexibility index (Phi) is 2.13. The SMILES string of the molecule is FCCNc1ccco1. The van der Waals surface area contributed by atoms with Gasteiger partial charge in [-0.25, -0.2) is 4.39 Å². The van der Waals surface area contributed by atoms with Gasteiger partial charge >= 0.3 is 0 Å².